The van der Waals surface area contributed by atoms with E-state index < -0.39 is 0 Å². The highest BCUT2D eigenvalue weighted by Gasteiger charge is 2.29. The van der Waals surface area contributed by atoms with Crippen LogP contribution in [0.1, 0.15) is 19.8 Å². The fourth-order valence-electron chi connectivity index (χ4n) is 1.07. The van der Waals surface area contributed by atoms with Crippen molar-refractivity contribution >= 4 is 28.3 Å². The number of halogens is 1. The second-order valence-corrected chi connectivity index (χ2v) is 3.31. The van der Waals surface area contributed by atoms with Crippen molar-refractivity contribution in [1.82, 2.24) is 0 Å². The number of nitrogens with zero attached hydrogens (tertiary/aromatic N) is 1. The summed E-state index contributed by atoms with van der Waals surface area (Å²) < 4.78 is 2.43. The second-order valence-electron chi connectivity index (χ2n) is 2.43. The van der Waals surface area contributed by atoms with E-state index in [0.717, 1.165) is 23.0 Å². The van der Waals surface area contributed by atoms with Gasteiger partial charge in [0.25, 0.3) is 0 Å². The number of alkyl halides is 1. The highest BCUT2D eigenvalue weighted by Crippen LogP contribution is 2.12. The molecule has 0 radical (unpaired) electrons. The normalized spacial score (nSPS) is 27.6. The molecule has 1 atom stereocenters. The third kappa shape index (κ3) is 1.36. The zero-order chi connectivity index (χ0) is 6.85. The van der Waals surface area contributed by atoms with Gasteiger partial charge in [0.2, 0.25) is 11.8 Å². The fraction of sp³-hybridized carbons (Fsp3) is 0.833. The van der Waals surface area contributed by atoms with Crippen LogP contribution in [0, 0.1) is 0 Å². The lowest BCUT2D eigenvalue weighted by Gasteiger charge is -1.95. The summed E-state index contributed by atoms with van der Waals surface area (Å²) in [5, 5.41) is 9.25. The quantitative estimate of drug-likeness (QED) is 0.319. The molecule has 3 heteroatoms. The van der Waals surface area contributed by atoms with Crippen molar-refractivity contribution in [3.63, 3.8) is 0 Å². The summed E-state index contributed by atoms with van der Waals surface area (Å²) in [5.41, 5.74) is 1.11. The van der Waals surface area contributed by atoms with Gasteiger partial charge in [-0.2, -0.15) is 0 Å². The van der Waals surface area contributed by atoms with Crippen molar-refractivity contribution in [3.8, 4) is 0 Å². The fourth-order valence-corrected chi connectivity index (χ4v) is 1.88. The van der Waals surface area contributed by atoms with Gasteiger partial charge in [0.05, 0.1) is 4.43 Å². The summed E-state index contributed by atoms with van der Waals surface area (Å²) in [6, 6.07) is 0.380. The maximum atomic E-state index is 9.25. The highest BCUT2D eigenvalue weighted by molar-refractivity contribution is 14.1. The summed E-state index contributed by atoms with van der Waals surface area (Å²) in [6.45, 7) is 1.98. The minimum absolute atomic E-state index is 0.380. The zero-order valence-corrected chi connectivity index (χ0v) is 7.63. The molecule has 0 aromatic heterocycles. The average molecular weight is 240 g/mol. The van der Waals surface area contributed by atoms with E-state index in [4.69, 9.17) is 0 Å². The van der Waals surface area contributed by atoms with Crippen molar-refractivity contribution in [1.29, 1.82) is 0 Å². The lowest BCUT2D eigenvalue weighted by Crippen LogP contribution is -2.21. The van der Waals surface area contributed by atoms with E-state index >= 15 is 0 Å². The van der Waals surface area contributed by atoms with Gasteiger partial charge in [-0.25, -0.2) is 0 Å². The Bertz CT molecular complexity index is 144. The standard InChI is InChI=1S/C6H11INO/c1-5-2-3-6(4-7)8(5)9/h6,9H,2-4H2,1H3/q+1. The minimum atomic E-state index is 0.380. The Kier molecular flexibility index (Phi) is 2.32. The Balaban J connectivity index is 2.63. The van der Waals surface area contributed by atoms with Gasteiger partial charge in [0.1, 0.15) is 0 Å². The first kappa shape index (κ1) is 7.31. The van der Waals surface area contributed by atoms with Gasteiger partial charge in [0.15, 0.2) is 0 Å². The number of hydrogen-bond donors (Lipinski definition) is 1. The molecular formula is C6H11INO+. The van der Waals surface area contributed by atoms with Gasteiger partial charge in [-0.15, -0.1) is 0 Å². The smallest absolute Gasteiger partial charge is 0.211 e. The summed E-state index contributed by atoms with van der Waals surface area (Å²) in [6.07, 6.45) is 2.18. The number of rotatable bonds is 1. The van der Waals surface area contributed by atoms with Crippen LogP contribution in [-0.2, 0) is 0 Å². The van der Waals surface area contributed by atoms with Gasteiger partial charge < -0.3 is 0 Å². The van der Waals surface area contributed by atoms with E-state index in [1.807, 2.05) is 6.92 Å². The monoisotopic (exact) mass is 240 g/mol. The van der Waals surface area contributed by atoms with Crippen molar-refractivity contribution in [3.05, 3.63) is 0 Å². The molecule has 0 saturated heterocycles. The maximum Gasteiger partial charge on any atom is 0.211 e. The molecule has 1 heterocycles. The minimum Gasteiger partial charge on any atom is -0.291 e. The van der Waals surface area contributed by atoms with Crippen LogP contribution in [0.4, 0.5) is 0 Å². The van der Waals surface area contributed by atoms with Crippen molar-refractivity contribution < 1.29 is 9.95 Å². The predicted molar refractivity (Wildman–Crippen MR) is 44.6 cm³/mol. The molecule has 0 amide bonds. The number of hydrogen-bond acceptors (Lipinski definition) is 1. The van der Waals surface area contributed by atoms with Crippen LogP contribution in [-0.4, -0.2) is 26.1 Å². The molecule has 1 rings (SSSR count). The molecule has 1 unspecified atom stereocenters. The van der Waals surface area contributed by atoms with Crippen LogP contribution in [0.15, 0.2) is 0 Å². The molecule has 0 aromatic carbocycles. The Morgan fingerprint density at radius 2 is 2.56 bits per heavy atom. The van der Waals surface area contributed by atoms with Crippen molar-refractivity contribution in [2.24, 2.45) is 0 Å². The van der Waals surface area contributed by atoms with E-state index in [-0.39, 0.29) is 0 Å². The molecule has 2 nitrogen and oxygen atoms in total. The van der Waals surface area contributed by atoms with E-state index in [1.54, 1.807) is 0 Å². The summed E-state index contributed by atoms with van der Waals surface area (Å²) in [7, 11) is 0. The van der Waals surface area contributed by atoms with Crippen LogP contribution in [0.3, 0.4) is 0 Å². The van der Waals surface area contributed by atoms with E-state index in [9.17, 15) is 5.21 Å². The Morgan fingerprint density at radius 3 is 2.78 bits per heavy atom. The van der Waals surface area contributed by atoms with Crippen LogP contribution in [0.25, 0.3) is 0 Å². The molecule has 0 aromatic rings. The lowest BCUT2D eigenvalue weighted by molar-refractivity contribution is -0.791. The average Bonchev–Trinajstić information content (AvgIpc) is 2.15. The Labute approximate surface area is 68.7 Å². The van der Waals surface area contributed by atoms with Gasteiger partial charge in [-0.05, 0) is 4.74 Å². The van der Waals surface area contributed by atoms with Gasteiger partial charge in [-0.1, -0.05) is 22.6 Å². The van der Waals surface area contributed by atoms with E-state index in [2.05, 4.69) is 22.6 Å². The molecule has 0 aliphatic carbocycles. The van der Waals surface area contributed by atoms with Crippen LogP contribution in [0.2, 0.25) is 0 Å². The van der Waals surface area contributed by atoms with Gasteiger partial charge >= 0.3 is 0 Å². The first-order valence-corrected chi connectivity index (χ1v) is 4.64. The van der Waals surface area contributed by atoms with E-state index in [1.165, 1.54) is 4.74 Å². The third-order valence-electron chi connectivity index (χ3n) is 1.75. The summed E-state index contributed by atoms with van der Waals surface area (Å²) >= 11 is 2.30. The maximum absolute atomic E-state index is 9.25. The molecular weight excluding hydrogens is 229 g/mol. The molecule has 1 N–H and O–H groups in total. The second kappa shape index (κ2) is 2.86. The van der Waals surface area contributed by atoms with Crippen molar-refractivity contribution in [2.45, 2.75) is 25.8 Å². The molecule has 0 bridgehead atoms. The summed E-state index contributed by atoms with van der Waals surface area (Å²) in [5.74, 6) is 0. The molecule has 52 valence electrons. The Morgan fingerprint density at radius 1 is 1.89 bits per heavy atom. The predicted octanol–water partition coefficient (Wildman–Crippen LogP) is 1.45. The molecule has 0 spiro atoms. The van der Waals surface area contributed by atoms with Crippen LogP contribution >= 0.6 is 22.6 Å². The van der Waals surface area contributed by atoms with Gasteiger partial charge in [0, 0.05) is 19.8 Å². The van der Waals surface area contributed by atoms with Gasteiger partial charge in [-0.3, -0.25) is 5.21 Å². The largest absolute Gasteiger partial charge is 0.291 e. The zero-order valence-electron chi connectivity index (χ0n) is 5.47. The molecule has 1 aliphatic rings. The summed E-state index contributed by atoms with van der Waals surface area (Å²) in [4.78, 5) is 0. The lowest BCUT2D eigenvalue weighted by atomic mass is 10.2. The Hall–Kier alpha value is 0.200. The SMILES string of the molecule is CC1=[N+](O)C(CI)CC1. The van der Waals surface area contributed by atoms with E-state index in [0.29, 0.717) is 6.04 Å². The topological polar surface area (TPSA) is 23.2 Å². The number of hydroxylamine groups is 1. The highest BCUT2D eigenvalue weighted by atomic mass is 127. The molecule has 0 fully saturated rings. The van der Waals surface area contributed by atoms with Crippen LogP contribution in [0.5, 0.6) is 0 Å². The first-order valence-electron chi connectivity index (χ1n) is 3.12. The molecule has 9 heavy (non-hydrogen) atoms. The van der Waals surface area contributed by atoms with Crippen LogP contribution < -0.4 is 0 Å². The third-order valence-corrected chi connectivity index (χ3v) is 2.77. The molecule has 0 saturated carbocycles. The molecule has 1 aliphatic heterocycles. The van der Waals surface area contributed by atoms with Crippen molar-refractivity contribution in [2.75, 3.05) is 4.43 Å². The first-order chi connectivity index (χ1) is 4.25.